The highest BCUT2D eigenvalue weighted by molar-refractivity contribution is 7.53. The van der Waals surface area contributed by atoms with Crippen molar-refractivity contribution >= 4 is 7.60 Å². The van der Waals surface area contributed by atoms with Gasteiger partial charge in [0.25, 0.3) is 0 Å². The van der Waals surface area contributed by atoms with Crippen LogP contribution in [0.1, 0.15) is 29.2 Å². The quantitative estimate of drug-likeness (QED) is 0.123. The molecule has 43 heavy (non-hydrogen) atoms. The van der Waals surface area contributed by atoms with E-state index in [4.69, 9.17) is 28.0 Å². The molecule has 0 amide bonds. The molecule has 4 aromatic carbocycles. The zero-order valence-electron chi connectivity index (χ0n) is 24.4. The SMILES string of the molecule is CCP(=O)(OCc1ccccc1)O[C@@H]1O[C@H](COCc2ccccc2)[C@@H](OCc2ccccc2)[C@H]1OCc1ccccc1. The Labute approximate surface area is 254 Å². The molecule has 0 saturated carbocycles. The summed E-state index contributed by atoms with van der Waals surface area (Å²) in [7, 11) is -3.55. The third kappa shape index (κ3) is 9.43. The van der Waals surface area contributed by atoms with Crippen LogP contribution >= 0.6 is 7.60 Å². The van der Waals surface area contributed by atoms with Crippen molar-refractivity contribution in [3.63, 3.8) is 0 Å². The van der Waals surface area contributed by atoms with Gasteiger partial charge in [0.1, 0.15) is 18.3 Å². The van der Waals surface area contributed by atoms with Gasteiger partial charge in [-0.15, -0.1) is 0 Å². The highest BCUT2D eigenvalue weighted by Gasteiger charge is 2.49. The van der Waals surface area contributed by atoms with Crippen molar-refractivity contribution in [2.75, 3.05) is 12.8 Å². The van der Waals surface area contributed by atoms with Crippen LogP contribution in [0.2, 0.25) is 0 Å². The predicted octanol–water partition coefficient (Wildman–Crippen LogP) is 7.55. The molecule has 0 bridgehead atoms. The first kappa shape index (κ1) is 31.3. The van der Waals surface area contributed by atoms with Crippen molar-refractivity contribution in [2.24, 2.45) is 0 Å². The maximum absolute atomic E-state index is 13.9. The van der Waals surface area contributed by atoms with Crippen LogP contribution in [0.5, 0.6) is 0 Å². The van der Waals surface area contributed by atoms with Gasteiger partial charge in [-0.05, 0) is 22.3 Å². The molecule has 1 aliphatic heterocycles. The zero-order valence-corrected chi connectivity index (χ0v) is 25.3. The lowest BCUT2D eigenvalue weighted by atomic mass is 10.1. The van der Waals surface area contributed by atoms with E-state index >= 15 is 0 Å². The standard InChI is InChI=1S/C35H39O7P/c1-2-43(36,40-26-31-21-13-6-14-22-31)42-35-34(39-25-30-19-11-5-12-20-30)33(38-24-29-17-9-4-10-18-29)32(41-35)27-37-23-28-15-7-3-8-16-28/h3-22,32-35H,2,23-27H2,1H3/t32-,33-,34-,35+,43?/m1/s1. The summed E-state index contributed by atoms with van der Waals surface area (Å²) < 4.78 is 51.4. The van der Waals surface area contributed by atoms with Gasteiger partial charge in [0.05, 0.1) is 33.0 Å². The molecule has 1 saturated heterocycles. The van der Waals surface area contributed by atoms with Crippen molar-refractivity contribution in [3.8, 4) is 0 Å². The van der Waals surface area contributed by atoms with Crippen molar-refractivity contribution < 1.29 is 32.6 Å². The van der Waals surface area contributed by atoms with E-state index in [-0.39, 0.29) is 19.4 Å². The normalized spacial score (nSPS) is 21.4. The Morgan fingerprint density at radius 3 is 1.53 bits per heavy atom. The average Bonchev–Trinajstić information content (AvgIpc) is 3.38. The molecule has 0 radical (unpaired) electrons. The lowest BCUT2D eigenvalue weighted by Gasteiger charge is -2.27. The molecule has 1 unspecified atom stereocenters. The van der Waals surface area contributed by atoms with Gasteiger partial charge in [0.2, 0.25) is 0 Å². The van der Waals surface area contributed by atoms with Gasteiger partial charge in [-0.1, -0.05) is 128 Å². The third-order valence-electron chi connectivity index (χ3n) is 7.15. The van der Waals surface area contributed by atoms with Crippen molar-refractivity contribution in [3.05, 3.63) is 144 Å². The van der Waals surface area contributed by atoms with E-state index in [9.17, 15) is 4.57 Å². The fraction of sp³-hybridized carbons (Fsp3) is 0.314. The van der Waals surface area contributed by atoms with E-state index in [1.54, 1.807) is 6.92 Å². The largest absolute Gasteiger partial charge is 0.374 e. The van der Waals surface area contributed by atoms with Crippen LogP contribution in [-0.4, -0.2) is 37.4 Å². The second-order valence-electron chi connectivity index (χ2n) is 10.4. The van der Waals surface area contributed by atoms with E-state index in [1.807, 2.05) is 121 Å². The molecular weight excluding hydrogens is 563 g/mol. The molecule has 1 aliphatic rings. The van der Waals surface area contributed by atoms with E-state index in [2.05, 4.69) is 0 Å². The maximum atomic E-state index is 13.9. The fourth-order valence-corrected chi connectivity index (χ4v) is 6.01. The Morgan fingerprint density at radius 1 is 0.605 bits per heavy atom. The van der Waals surface area contributed by atoms with Crippen LogP contribution in [-0.2, 0) is 59.0 Å². The molecular formula is C35H39O7P. The first-order valence-corrected chi connectivity index (χ1v) is 16.4. The van der Waals surface area contributed by atoms with Crippen molar-refractivity contribution in [1.82, 2.24) is 0 Å². The highest BCUT2D eigenvalue weighted by atomic mass is 31.2. The summed E-state index contributed by atoms with van der Waals surface area (Å²) >= 11 is 0. The summed E-state index contributed by atoms with van der Waals surface area (Å²) in [6, 6.07) is 39.4. The second kappa shape index (κ2) is 16.1. The molecule has 1 heterocycles. The zero-order chi connectivity index (χ0) is 29.7. The van der Waals surface area contributed by atoms with Gasteiger partial charge in [-0.3, -0.25) is 9.09 Å². The number of hydrogen-bond acceptors (Lipinski definition) is 7. The van der Waals surface area contributed by atoms with E-state index in [1.165, 1.54) is 0 Å². The van der Waals surface area contributed by atoms with Crippen LogP contribution in [0.4, 0.5) is 0 Å². The number of rotatable bonds is 16. The molecule has 8 heteroatoms. The summed E-state index contributed by atoms with van der Waals surface area (Å²) in [5, 5.41) is 0. The van der Waals surface area contributed by atoms with Crippen LogP contribution in [0.3, 0.4) is 0 Å². The molecule has 226 valence electrons. The summed E-state index contributed by atoms with van der Waals surface area (Å²) in [6.07, 6.45) is -2.58. The van der Waals surface area contributed by atoms with Crippen LogP contribution < -0.4 is 0 Å². The average molecular weight is 603 g/mol. The van der Waals surface area contributed by atoms with Gasteiger partial charge >= 0.3 is 7.60 Å². The van der Waals surface area contributed by atoms with Gasteiger partial charge < -0.3 is 23.5 Å². The van der Waals surface area contributed by atoms with Gasteiger partial charge in [-0.25, -0.2) is 0 Å². The Bertz CT molecular complexity index is 1390. The van der Waals surface area contributed by atoms with E-state index in [0.29, 0.717) is 19.8 Å². The topological polar surface area (TPSA) is 72.5 Å². The molecule has 5 atom stereocenters. The van der Waals surface area contributed by atoms with Crippen LogP contribution in [0.15, 0.2) is 121 Å². The van der Waals surface area contributed by atoms with Crippen molar-refractivity contribution in [2.45, 2.75) is 58.0 Å². The summed E-state index contributed by atoms with van der Waals surface area (Å²) in [5.74, 6) is 0. The third-order valence-corrected chi connectivity index (χ3v) is 8.98. The van der Waals surface area contributed by atoms with E-state index in [0.717, 1.165) is 22.3 Å². The maximum Gasteiger partial charge on any atom is 0.333 e. The molecule has 5 rings (SSSR count). The molecule has 0 N–H and O–H groups in total. The first-order chi connectivity index (χ1) is 21.1. The summed E-state index contributed by atoms with van der Waals surface area (Å²) in [5.41, 5.74) is 3.96. The monoisotopic (exact) mass is 602 g/mol. The van der Waals surface area contributed by atoms with Gasteiger partial charge in [0, 0.05) is 6.16 Å². The Balaban J connectivity index is 1.35. The number of benzene rings is 4. The predicted molar refractivity (Wildman–Crippen MR) is 165 cm³/mol. The lowest BCUT2D eigenvalue weighted by Crippen LogP contribution is -2.39. The smallest absolute Gasteiger partial charge is 0.333 e. The number of hydrogen-bond donors (Lipinski definition) is 0. The lowest BCUT2D eigenvalue weighted by molar-refractivity contribution is -0.143. The Hall–Kier alpha value is -3.13. The van der Waals surface area contributed by atoms with Gasteiger partial charge in [-0.2, -0.15) is 0 Å². The van der Waals surface area contributed by atoms with Gasteiger partial charge in [0.15, 0.2) is 6.29 Å². The summed E-state index contributed by atoms with van der Waals surface area (Å²) in [4.78, 5) is 0. The van der Waals surface area contributed by atoms with Crippen LogP contribution in [0.25, 0.3) is 0 Å². The first-order valence-electron chi connectivity index (χ1n) is 14.7. The second-order valence-corrected chi connectivity index (χ2v) is 12.7. The molecule has 0 aliphatic carbocycles. The Morgan fingerprint density at radius 2 is 1.05 bits per heavy atom. The minimum Gasteiger partial charge on any atom is -0.374 e. The molecule has 1 fully saturated rings. The molecule has 7 nitrogen and oxygen atoms in total. The van der Waals surface area contributed by atoms with Crippen molar-refractivity contribution in [1.29, 1.82) is 0 Å². The minimum atomic E-state index is -3.55. The summed E-state index contributed by atoms with van der Waals surface area (Å²) in [6.45, 7) is 3.24. The Kier molecular flexibility index (Phi) is 11.7. The highest BCUT2D eigenvalue weighted by Crippen LogP contribution is 2.52. The molecule has 0 spiro atoms. The molecule has 0 aromatic heterocycles. The van der Waals surface area contributed by atoms with Crippen LogP contribution in [0, 0.1) is 0 Å². The molecule has 4 aromatic rings. The van der Waals surface area contributed by atoms with E-state index < -0.39 is 32.2 Å². The fourth-order valence-electron chi connectivity index (χ4n) is 4.79. The number of ether oxygens (including phenoxy) is 4. The minimum absolute atomic E-state index is 0.159.